The molecule has 6 nitrogen and oxygen atoms in total. The van der Waals surface area contributed by atoms with Crippen LogP contribution in [0.5, 0.6) is 5.75 Å². The first kappa shape index (κ1) is 15.0. The predicted octanol–water partition coefficient (Wildman–Crippen LogP) is 4.71. The number of methoxy groups -OCH3 is 1. The van der Waals surface area contributed by atoms with Crippen molar-refractivity contribution < 1.29 is 18.5 Å². The van der Waals surface area contributed by atoms with Crippen molar-refractivity contribution in [1.29, 1.82) is 0 Å². The highest BCUT2D eigenvalue weighted by Crippen LogP contribution is 2.40. The summed E-state index contributed by atoms with van der Waals surface area (Å²) < 4.78 is 16.6. The molecule has 1 N–H and O–H groups in total. The van der Waals surface area contributed by atoms with Crippen LogP contribution in [0.25, 0.3) is 21.9 Å². The number of hydrogen-bond donors (Lipinski definition) is 1. The quantitative estimate of drug-likeness (QED) is 0.578. The largest absolute Gasteiger partial charge is 0.495 e. The van der Waals surface area contributed by atoms with E-state index in [1.807, 2.05) is 30.3 Å². The molecular formula is C20H16N2O4. The molecule has 2 heterocycles. The Hall–Kier alpha value is -3.28. The van der Waals surface area contributed by atoms with Crippen LogP contribution in [0.2, 0.25) is 0 Å². The third-order valence-electron chi connectivity index (χ3n) is 4.69. The van der Waals surface area contributed by atoms with E-state index in [4.69, 9.17) is 13.7 Å². The maximum absolute atomic E-state index is 12.5. The van der Waals surface area contributed by atoms with Crippen LogP contribution in [0.4, 0.5) is 5.69 Å². The van der Waals surface area contributed by atoms with Gasteiger partial charge in [-0.15, -0.1) is 0 Å². The first-order valence-corrected chi connectivity index (χ1v) is 8.50. The Morgan fingerprint density at radius 1 is 1.15 bits per heavy atom. The fraction of sp³-hybridized carbons (Fsp3) is 0.200. The summed E-state index contributed by atoms with van der Waals surface area (Å²) in [6.45, 7) is 0. The molecule has 130 valence electrons. The molecule has 1 aliphatic rings. The number of benzene rings is 2. The standard InChI is InChI=1S/C20H16N2O4/c1-24-19-8-13-12-4-2-3-5-16(12)25-18(13)9-14(19)21-20(23)15-10-17(26-22-15)11-6-7-11/h2-5,8-11H,6-7H2,1H3,(H,21,23). The fourth-order valence-corrected chi connectivity index (χ4v) is 3.16. The Morgan fingerprint density at radius 2 is 2.00 bits per heavy atom. The number of aromatic nitrogens is 1. The molecule has 1 aliphatic carbocycles. The number of carbonyl (C=O) groups excluding carboxylic acids is 1. The summed E-state index contributed by atoms with van der Waals surface area (Å²) in [5.41, 5.74) is 2.26. The van der Waals surface area contributed by atoms with E-state index in [2.05, 4.69) is 10.5 Å². The molecule has 2 aromatic heterocycles. The topological polar surface area (TPSA) is 77.5 Å². The molecule has 4 aromatic rings. The second kappa shape index (κ2) is 5.62. The van der Waals surface area contributed by atoms with Crippen LogP contribution in [0.15, 0.2) is 51.4 Å². The zero-order valence-electron chi connectivity index (χ0n) is 14.1. The van der Waals surface area contributed by atoms with Crippen LogP contribution in [0, 0.1) is 0 Å². The van der Waals surface area contributed by atoms with Crippen LogP contribution in [-0.4, -0.2) is 18.2 Å². The number of nitrogens with zero attached hydrogens (tertiary/aromatic N) is 1. The van der Waals surface area contributed by atoms with Gasteiger partial charge in [-0.05, 0) is 25.0 Å². The smallest absolute Gasteiger partial charge is 0.277 e. The number of furan rings is 1. The van der Waals surface area contributed by atoms with E-state index in [0.29, 0.717) is 22.9 Å². The number of rotatable bonds is 4. The predicted molar refractivity (Wildman–Crippen MR) is 96.7 cm³/mol. The highest BCUT2D eigenvalue weighted by molar-refractivity contribution is 6.09. The minimum atomic E-state index is -0.339. The van der Waals surface area contributed by atoms with Gasteiger partial charge < -0.3 is 19.0 Å². The van der Waals surface area contributed by atoms with Crippen molar-refractivity contribution in [3.8, 4) is 5.75 Å². The number of ether oxygens (including phenoxy) is 1. The Labute approximate surface area is 148 Å². The van der Waals surface area contributed by atoms with Crippen molar-refractivity contribution in [1.82, 2.24) is 5.16 Å². The molecule has 5 rings (SSSR count). The number of nitrogens with one attached hydrogen (secondary N) is 1. The van der Waals surface area contributed by atoms with Gasteiger partial charge in [-0.1, -0.05) is 23.4 Å². The molecule has 0 aliphatic heterocycles. The maximum Gasteiger partial charge on any atom is 0.277 e. The van der Waals surface area contributed by atoms with Gasteiger partial charge in [0.15, 0.2) is 5.69 Å². The van der Waals surface area contributed by atoms with E-state index >= 15 is 0 Å². The van der Waals surface area contributed by atoms with Gasteiger partial charge in [0.05, 0.1) is 12.8 Å². The Balaban J connectivity index is 1.52. The van der Waals surface area contributed by atoms with Crippen molar-refractivity contribution in [3.05, 3.63) is 53.9 Å². The Morgan fingerprint density at radius 3 is 2.81 bits per heavy atom. The van der Waals surface area contributed by atoms with Crippen molar-refractivity contribution >= 4 is 33.5 Å². The van der Waals surface area contributed by atoms with Crippen LogP contribution < -0.4 is 10.1 Å². The molecule has 1 saturated carbocycles. The van der Waals surface area contributed by atoms with Gasteiger partial charge in [-0.2, -0.15) is 0 Å². The average molecular weight is 348 g/mol. The molecule has 0 atom stereocenters. The van der Waals surface area contributed by atoms with E-state index in [1.54, 1.807) is 19.2 Å². The molecule has 0 saturated heterocycles. The van der Waals surface area contributed by atoms with Gasteiger partial charge in [0.1, 0.15) is 22.7 Å². The summed E-state index contributed by atoms with van der Waals surface area (Å²) in [6.07, 6.45) is 2.18. The third-order valence-corrected chi connectivity index (χ3v) is 4.69. The SMILES string of the molecule is COc1cc2c(cc1NC(=O)c1cc(C3CC3)on1)oc1ccccc12. The number of hydrogen-bond acceptors (Lipinski definition) is 5. The minimum Gasteiger partial charge on any atom is -0.495 e. The molecule has 1 amide bonds. The molecule has 1 fully saturated rings. The number of amides is 1. The monoisotopic (exact) mass is 348 g/mol. The zero-order valence-corrected chi connectivity index (χ0v) is 14.1. The number of para-hydroxylation sites is 1. The number of carbonyl (C=O) groups is 1. The first-order valence-electron chi connectivity index (χ1n) is 8.50. The van der Waals surface area contributed by atoms with Crippen molar-refractivity contribution in [3.63, 3.8) is 0 Å². The minimum absolute atomic E-state index is 0.263. The lowest BCUT2D eigenvalue weighted by atomic mass is 10.1. The number of fused-ring (bicyclic) bond motifs is 3. The van der Waals surface area contributed by atoms with Crippen LogP contribution >= 0.6 is 0 Å². The lowest BCUT2D eigenvalue weighted by Gasteiger charge is -2.09. The summed E-state index contributed by atoms with van der Waals surface area (Å²) >= 11 is 0. The molecule has 0 radical (unpaired) electrons. The van der Waals surface area contributed by atoms with E-state index < -0.39 is 0 Å². The maximum atomic E-state index is 12.5. The van der Waals surface area contributed by atoms with Gasteiger partial charge in [0.25, 0.3) is 5.91 Å². The Kier molecular flexibility index (Phi) is 3.25. The second-order valence-corrected chi connectivity index (χ2v) is 6.49. The molecule has 0 bridgehead atoms. The summed E-state index contributed by atoms with van der Waals surface area (Å²) in [4.78, 5) is 12.5. The van der Waals surface area contributed by atoms with E-state index in [1.165, 1.54) is 0 Å². The highest BCUT2D eigenvalue weighted by atomic mass is 16.5. The van der Waals surface area contributed by atoms with Crippen LogP contribution in [0.3, 0.4) is 0 Å². The van der Waals surface area contributed by atoms with Gasteiger partial charge >= 0.3 is 0 Å². The lowest BCUT2D eigenvalue weighted by Crippen LogP contribution is -2.13. The summed E-state index contributed by atoms with van der Waals surface area (Å²) in [7, 11) is 1.57. The zero-order chi connectivity index (χ0) is 17.7. The Bertz CT molecular complexity index is 1140. The van der Waals surface area contributed by atoms with Crippen molar-refractivity contribution in [2.75, 3.05) is 12.4 Å². The lowest BCUT2D eigenvalue weighted by molar-refractivity contribution is 0.101. The number of anilines is 1. The normalized spacial score (nSPS) is 14.0. The van der Waals surface area contributed by atoms with Crippen molar-refractivity contribution in [2.24, 2.45) is 0 Å². The highest BCUT2D eigenvalue weighted by Gasteiger charge is 2.29. The van der Waals surface area contributed by atoms with E-state index in [0.717, 1.165) is 35.0 Å². The summed E-state index contributed by atoms with van der Waals surface area (Å²) in [5.74, 6) is 1.40. The molecule has 26 heavy (non-hydrogen) atoms. The van der Waals surface area contributed by atoms with E-state index in [-0.39, 0.29) is 11.6 Å². The second-order valence-electron chi connectivity index (χ2n) is 6.49. The molecule has 6 heteroatoms. The first-order chi connectivity index (χ1) is 12.7. The van der Waals surface area contributed by atoms with Gasteiger partial charge in [0, 0.05) is 28.8 Å². The fourth-order valence-electron chi connectivity index (χ4n) is 3.16. The van der Waals surface area contributed by atoms with Crippen LogP contribution in [0.1, 0.15) is 35.0 Å². The van der Waals surface area contributed by atoms with Crippen LogP contribution in [-0.2, 0) is 0 Å². The third kappa shape index (κ3) is 2.42. The van der Waals surface area contributed by atoms with Crippen molar-refractivity contribution in [2.45, 2.75) is 18.8 Å². The molecule has 0 unspecified atom stereocenters. The average Bonchev–Trinajstić information content (AvgIpc) is 3.27. The molecular weight excluding hydrogens is 332 g/mol. The summed E-state index contributed by atoms with van der Waals surface area (Å²) in [6, 6.07) is 13.1. The molecule has 0 spiro atoms. The van der Waals surface area contributed by atoms with E-state index in [9.17, 15) is 4.79 Å². The van der Waals surface area contributed by atoms with Gasteiger partial charge in [-0.25, -0.2) is 0 Å². The molecule has 2 aromatic carbocycles. The van der Waals surface area contributed by atoms with Gasteiger partial charge in [0.2, 0.25) is 0 Å². The summed E-state index contributed by atoms with van der Waals surface area (Å²) in [5, 5.41) is 8.66. The van der Waals surface area contributed by atoms with Gasteiger partial charge in [-0.3, -0.25) is 4.79 Å².